The normalized spacial score (nSPS) is 14.6. The van der Waals surface area contributed by atoms with Crippen LogP contribution in [0, 0.1) is 12.2 Å². The van der Waals surface area contributed by atoms with Crippen molar-refractivity contribution in [1.82, 2.24) is 0 Å². The van der Waals surface area contributed by atoms with E-state index in [-0.39, 0.29) is 5.43 Å². The van der Waals surface area contributed by atoms with Crippen LogP contribution in [0.15, 0.2) is 35.5 Å². The Kier molecular flexibility index (Phi) is 16.0. The van der Waals surface area contributed by atoms with E-state index >= 15 is 0 Å². The summed E-state index contributed by atoms with van der Waals surface area (Å²) < 4.78 is 0. The number of hydrogen-bond donors (Lipinski definition) is 0. The Morgan fingerprint density at radius 3 is 2.18 bits per heavy atom. The van der Waals surface area contributed by atoms with Crippen LogP contribution in [0.3, 0.4) is 0 Å². The van der Waals surface area contributed by atoms with Crippen LogP contribution < -0.4 is 0 Å². The largest absolute Gasteiger partial charge is 0.273 e. The third-order valence-corrected chi connectivity index (χ3v) is 3.26. The molecule has 0 bridgehead atoms. The molecule has 0 saturated carbocycles. The molecule has 0 amide bonds. The molecule has 0 nitrogen and oxygen atoms in total. The van der Waals surface area contributed by atoms with Crippen LogP contribution in [0.4, 0.5) is 0 Å². The van der Waals surface area contributed by atoms with Gasteiger partial charge in [-0.25, -0.2) is 18.2 Å². The molecule has 0 heterocycles. The molecule has 0 aromatic heterocycles. The second kappa shape index (κ2) is 15.9. The summed E-state index contributed by atoms with van der Waals surface area (Å²) in [5.74, 6) is 0. The SMILES string of the molecule is CCCCC1=C(CCCC)C[C-]=C1.C[Si](C)=[Zr+2].[C-]1=CC=CC1. The van der Waals surface area contributed by atoms with Crippen molar-refractivity contribution in [1.29, 1.82) is 0 Å². The smallest absolute Gasteiger partial charge is 0.109 e. The van der Waals surface area contributed by atoms with Crippen molar-refractivity contribution >= 4 is 5.43 Å². The zero-order chi connectivity index (χ0) is 16.6. The molecule has 2 heteroatoms. The van der Waals surface area contributed by atoms with E-state index in [1.54, 1.807) is 34.5 Å². The van der Waals surface area contributed by atoms with Crippen LogP contribution in [0.2, 0.25) is 13.1 Å². The summed E-state index contributed by atoms with van der Waals surface area (Å²) in [5.41, 5.74) is 3.47. The van der Waals surface area contributed by atoms with Crippen LogP contribution >= 0.6 is 0 Å². The quantitative estimate of drug-likeness (QED) is 0.357. The van der Waals surface area contributed by atoms with Gasteiger partial charge in [0.05, 0.1) is 0 Å². The Bertz CT molecular complexity index is 399. The van der Waals surface area contributed by atoms with Gasteiger partial charge in [-0.15, -0.1) is 12.8 Å². The minimum Gasteiger partial charge on any atom is -0.273 e. The number of allylic oxidation sites excluding steroid dienone is 8. The summed E-state index contributed by atoms with van der Waals surface area (Å²) >= 11 is 1.74. The molecule has 2 rings (SSSR count). The van der Waals surface area contributed by atoms with Crippen LogP contribution in [-0.2, 0) is 23.3 Å². The molecule has 0 aromatic carbocycles. The summed E-state index contributed by atoms with van der Waals surface area (Å²) in [6.45, 7) is 9.14. The predicted octanol–water partition coefficient (Wildman–Crippen LogP) is 6.52. The van der Waals surface area contributed by atoms with Crippen LogP contribution in [0.1, 0.15) is 65.2 Å². The third-order valence-electron chi connectivity index (χ3n) is 3.26. The van der Waals surface area contributed by atoms with Crippen molar-refractivity contribution in [3.05, 3.63) is 47.6 Å². The van der Waals surface area contributed by atoms with Crippen molar-refractivity contribution < 1.29 is 23.3 Å². The summed E-state index contributed by atoms with van der Waals surface area (Å²) in [6.07, 6.45) is 24.6. The second-order valence-electron chi connectivity index (χ2n) is 5.86. The zero-order valence-electron chi connectivity index (χ0n) is 15.0. The minimum atomic E-state index is 0.210. The molecule has 0 fully saturated rings. The van der Waals surface area contributed by atoms with Gasteiger partial charge in [0, 0.05) is 0 Å². The summed E-state index contributed by atoms with van der Waals surface area (Å²) in [4.78, 5) is 0. The van der Waals surface area contributed by atoms with E-state index in [4.69, 9.17) is 0 Å². The van der Waals surface area contributed by atoms with Gasteiger partial charge in [-0.1, -0.05) is 46.0 Å². The van der Waals surface area contributed by atoms with Gasteiger partial charge in [-0.2, -0.15) is 17.2 Å². The van der Waals surface area contributed by atoms with E-state index in [0.29, 0.717) is 0 Å². The molecule has 0 saturated heterocycles. The maximum Gasteiger partial charge on any atom is -0.109 e. The molecule has 0 N–H and O–H groups in total. The maximum absolute atomic E-state index is 3.34. The van der Waals surface area contributed by atoms with Gasteiger partial charge in [0.1, 0.15) is 0 Å². The summed E-state index contributed by atoms with van der Waals surface area (Å²) in [6, 6.07) is 0. The van der Waals surface area contributed by atoms with Gasteiger partial charge < -0.3 is 0 Å². The average molecular weight is 392 g/mol. The molecule has 2 aliphatic carbocycles. The second-order valence-corrected chi connectivity index (χ2v) is 15.2. The summed E-state index contributed by atoms with van der Waals surface area (Å²) in [7, 11) is 0. The predicted molar refractivity (Wildman–Crippen MR) is 97.6 cm³/mol. The summed E-state index contributed by atoms with van der Waals surface area (Å²) in [5, 5.41) is 0. The van der Waals surface area contributed by atoms with E-state index in [2.05, 4.69) is 51.2 Å². The maximum atomic E-state index is 3.34. The Morgan fingerprint density at radius 2 is 1.73 bits per heavy atom. The molecule has 120 valence electrons. The van der Waals surface area contributed by atoms with Crippen LogP contribution in [0.5, 0.6) is 0 Å². The first-order valence-corrected chi connectivity index (χ1v) is 14.8. The molecule has 0 spiro atoms. The molecule has 0 radical (unpaired) electrons. The zero-order valence-corrected chi connectivity index (χ0v) is 18.4. The van der Waals surface area contributed by atoms with Crippen molar-refractivity contribution in [3.63, 3.8) is 0 Å². The van der Waals surface area contributed by atoms with Crippen molar-refractivity contribution in [2.45, 2.75) is 78.3 Å². The molecule has 0 aliphatic heterocycles. The first-order valence-electron chi connectivity index (χ1n) is 8.62. The first-order chi connectivity index (χ1) is 10.6. The van der Waals surface area contributed by atoms with E-state index < -0.39 is 0 Å². The Morgan fingerprint density at radius 1 is 1.09 bits per heavy atom. The minimum absolute atomic E-state index is 0.210. The first kappa shape index (κ1) is 22.1. The van der Waals surface area contributed by atoms with Crippen LogP contribution in [0.25, 0.3) is 0 Å². The molecule has 0 unspecified atom stereocenters. The van der Waals surface area contributed by atoms with E-state index in [1.165, 1.54) is 38.5 Å². The Hall–Kier alpha value is 0.0600. The van der Waals surface area contributed by atoms with Gasteiger partial charge >= 0.3 is 41.9 Å². The van der Waals surface area contributed by atoms with Gasteiger partial charge in [-0.05, 0) is 6.42 Å². The average Bonchev–Trinajstić information content (AvgIpc) is 3.16. The van der Waals surface area contributed by atoms with E-state index in [1.807, 2.05) is 12.2 Å². The molecular formula is C20H32SiZr. The Labute approximate surface area is 154 Å². The van der Waals surface area contributed by atoms with Gasteiger partial charge in [0.15, 0.2) is 0 Å². The molecule has 0 aromatic rings. The molecular weight excluding hydrogens is 360 g/mol. The third kappa shape index (κ3) is 13.7. The van der Waals surface area contributed by atoms with Gasteiger partial charge in [0.25, 0.3) is 0 Å². The fourth-order valence-electron chi connectivity index (χ4n) is 2.11. The monoisotopic (exact) mass is 390 g/mol. The molecule has 22 heavy (non-hydrogen) atoms. The Balaban J connectivity index is 0.000000400. The fourth-order valence-corrected chi connectivity index (χ4v) is 2.11. The van der Waals surface area contributed by atoms with Gasteiger partial charge in [0.2, 0.25) is 0 Å². The van der Waals surface area contributed by atoms with E-state index in [0.717, 1.165) is 12.8 Å². The fraction of sp³-hybridized carbons (Fsp3) is 0.600. The standard InChI is InChI=1S/C13H21.C5H5.C2H6Si.Zr/c1-3-5-8-12-10-7-11-13(12)9-6-4-2;1-2-4-5-3-1;1-3-2;/h10H,3-6,8-9,11H2,1-2H3;1-3H,4H2;1-2H3;/q2*-1;;+2. The number of rotatable bonds is 6. The number of unbranched alkanes of at least 4 members (excludes halogenated alkanes) is 2. The molecule has 2 aliphatic rings. The van der Waals surface area contributed by atoms with Crippen molar-refractivity contribution in [2.24, 2.45) is 0 Å². The van der Waals surface area contributed by atoms with Crippen molar-refractivity contribution in [3.8, 4) is 0 Å². The van der Waals surface area contributed by atoms with Crippen LogP contribution in [-0.4, -0.2) is 5.43 Å². The van der Waals surface area contributed by atoms with Crippen molar-refractivity contribution in [2.75, 3.05) is 0 Å². The molecule has 0 atom stereocenters. The van der Waals surface area contributed by atoms with Gasteiger partial charge in [-0.3, -0.25) is 12.2 Å². The topological polar surface area (TPSA) is 0 Å². The number of hydrogen-bond acceptors (Lipinski definition) is 0. The van der Waals surface area contributed by atoms with E-state index in [9.17, 15) is 0 Å².